The van der Waals surface area contributed by atoms with Crippen LogP contribution >= 0.6 is 0 Å². The van der Waals surface area contributed by atoms with E-state index in [1.807, 2.05) is 0 Å². The Morgan fingerprint density at radius 2 is 2.25 bits per heavy atom. The molecule has 0 aliphatic rings. The SMILES string of the molecule is C=C(CCO)c1cccc(F)c1. The molecule has 0 aromatic heterocycles. The Bertz CT molecular complexity index is 281. The first-order valence-electron chi connectivity index (χ1n) is 3.78. The van der Waals surface area contributed by atoms with E-state index in [1.165, 1.54) is 12.1 Å². The fourth-order valence-electron chi connectivity index (χ4n) is 0.988. The zero-order chi connectivity index (χ0) is 8.97. The second-order valence-electron chi connectivity index (χ2n) is 2.59. The van der Waals surface area contributed by atoms with Gasteiger partial charge < -0.3 is 5.11 Å². The summed E-state index contributed by atoms with van der Waals surface area (Å²) in [7, 11) is 0. The van der Waals surface area contributed by atoms with Crippen molar-refractivity contribution in [3.8, 4) is 0 Å². The van der Waals surface area contributed by atoms with Gasteiger partial charge in [0.25, 0.3) is 0 Å². The second-order valence-corrected chi connectivity index (χ2v) is 2.59. The topological polar surface area (TPSA) is 20.2 Å². The van der Waals surface area contributed by atoms with Crippen molar-refractivity contribution in [2.24, 2.45) is 0 Å². The normalized spacial score (nSPS) is 9.83. The molecule has 0 fully saturated rings. The van der Waals surface area contributed by atoms with Gasteiger partial charge in [0.05, 0.1) is 0 Å². The molecule has 64 valence electrons. The number of aliphatic hydroxyl groups is 1. The van der Waals surface area contributed by atoms with E-state index in [0.717, 1.165) is 11.1 Å². The average molecular weight is 166 g/mol. The zero-order valence-electron chi connectivity index (χ0n) is 6.76. The van der Waals surface area contributed by atoms with Crippen LogP contribution in [0.4, 0.5) is 4.39 Å². The standard InChI is InChI=1S/C10H11FO/c1-8(5-6-12)9-3-2-4-10(11)7-9/h2-4,7,12H,1,5-6H2. The van der Waals surface area contributed by atoms with Gasteiger partial charge in [-0.1, -0.05) is 18.7 Å². The molecule has 1 rings (SSSR count). The van der Waals surface area contributed by atoms with Crippen LogP contribution in [-0.2, 0) is 0 Å². The summed E-state index contributed by atoms with van der Waals surface area (Å²) in [6.07, 6.45) is 0.490. The molecule has 12 heavy (non-hydrogen) atoms. The summed E-state index contributed by atoms with van der Waals surface area (Å²) in [6, 6.07) is 6.21. The van der Waals surface area contributed by atoms with E-state index >= 15 is 0 Å². The highest BCUT2D eigenvalue weighted by atomic mass is 19.1. The van der Waals surface area contributed by atoms with Crippen LogP contribution in [0.5, 0.6) is 0 Å². The van der Waals surface area contributed by atoms with Crippen molar-refractivity contribution in [1.29, 1.82) is 0 Å². The summed E-state index contributed by atoms with van der Waals surface area (Å²) in [4.78, 5) is 0. The van der Waals surface area contributed by atoms with Crippen molar-refractivity contribution < 1.29 is 9.50 Å². The number of hydrogen-bond donors (Lipinski definition) is 1. The van der Waals surface area contributed by atoms with Crippen LogP contribution in [-0.4, -0.2) is 11.7 Å². The van der Waals surface area contributed by atoms with Gasteiger partial charge in [0.1, 0.15) is 5.82 Å². The molecular weight excluding hydrogens is 155 g/mol. The predicted octanol–water partition coefficient (Wildman–Crippen LogP) is 2.22. The monoisotopic (exact) mass is 166 g/mol. The summed E-state index contributed by atoms with van der Waals surface area (Å²) < 4.78 is 12.7. The maximum atomic E-state index is 12.7. The van der Waals surface area contributed by atoms with Gasteiger partial charge in [0.2, 0.25) is 0 Å². The summed E-state index contributed by atoms with van der Waals surface area (Å²) in [5, 5.41) is 8.61. The van der Waals surface area contributed by atoms with Gasteiger partial charge in [-0.3, -0.25) is 0 Å². The van der Waals surface area contributed by atoms with Crippen molar-refractivity contribution in [1.82, 2.24) is 0 Å². The van der Waals surface area contributed by atoms with Gasteiger partial charge in [-0.15, -0.1) is 0 Å². The van der Waals surface area contributed by atoms with Gasteiger partial charge in [0, 0.05) is 6.61 Å². The Labute approximate surface area is 71.2 Å². The Kier molecular flexibility index (Phi) is 3.00. The Balaban J connectivity index is 2.81. The molecule has 1 aromatic rings. The highest BCUT2D eigenvalue weighted by Crippen LogP contribution is 2.15. The summed E-state index contributed by atoms with van der Waals surface area (Å²) in [5.74, 6) is -0.272. The second kappa shape index (κ2) is 4.02. The lowest BCUT2D eigenvalue weighted by Gasteiger charge is -2.02. The molecule has 1 N–H and O–H groups in total. The van der Waals surface area contributed by atoms with Gasteiger partial charge in [-0.25, -0.2) is 4.39 Å². The van der Waals surface area contributed by atoms with Crippen LogP contribution in [0.3, 0.4) is 0 Å². The van der Waals surface area contributed by atoms with Crippen molar-refractivity contribution >= 4 is 5.57 Å². The van der Waals surface area contributed by atoms with Gasteiger partial charge >= 0.3 is 0 Å². The molecule has 1 aromatic carbocycles. The molecule has 2 heteroatoms. The number of aliphatic hydroxyl groups excluding tert-OH is 1. The van der Waals surface area contributed by atoms with Crippen LogP contribution in [0.1, 0.15) is 12.0 Å². The first-order valence-corrected chi connectivity index (χ1v) is 3.78. The molecule has 0 saturated heterocycles. The molecule has 0 radical (unpaired) electrons. The number of rotatable bonds is 3. The van der Waals surface area contributed by atoms with E-state index in [-0.39, 0.29) is 12.4 Å². The quantitative estimate of drug-likeness (QED) is 0.730. The average Bonchev–Trinajstić information content (AvgIpc) is 2.05. The maximum Gasteiger partial charge on any atom is 0.123 e. The molecule has 0 spiro atoms. The first-order chi connectivity index (χ1) is 5.74. The van der Waals surface area contributed by atoms with Gasteiger partial charge in [-0.05, 0) is 29.7 Å². The molecule has 1 nitrogen and oxygen atoms in total. The summed E-state index contributed by atoms with van der Waals surface area (Å²) in [5.41, 5.74) is 1.51. The Morgan fingerprint density at radius 3 is 2.83 bits per heavy atom. The lowest BCUT2D eigenvalue weighted by Crippen LogP contribution is -1.88. The number of halogens is 1. The van der Waals surface area contributed by atoms with Crippen molar-refractivity contribution in [2.45, 2.75) is 6.42 Å². The molecule has 0 unspecified atom stereocenters. The smallest absolute Gasteiger partial charge is 0.123 e. The van der Waals surface area contributed by atoms with E-state index in [4.69, 9.17) is 5.11 Å². The fraction of sp³-hybridized carbons (Fsp3) is 0.200. The third kappa shape index (κ3) is 2.17. The largest absolute Gasteiger partial charge is 0.396 e. The molecule has 0 heterocycles. The van der Waals surface area contributed by atoms with Crippen molar-refractivity contribution in [3.05, 3.63) is 42.2 Å². The highest BCUT2D eigenvalue weighted by molar-refractivity contribution is 5.63. The number of benzene rings is 1. The molecule has 0 bridgehead atoms. The molecule has 0 amide bonds. The van der Waals surface area contributed by atoms with E-state index in [2.05, 4.69) is 6.58 Å². The van der Waals surface area contributed by atoms with Crippen molar-refractivity contribution in [3.63, 3.8) is 0 Å². The van der Waals surface area contributed by atoms with Crippen molar-refractivity contribution in [2.75, 3.05) is 6.61 Å². The zero-order valence-corrected chi connectivity index (χ0v) is 6.76. The van der Waals surface area contributed by atoms with E-state index in [0.29, 0.717) is 6.42 Å². The summed E-state index contributed by atoms with van der Waals surface area (Å²) >= 11 is 0. The van der Waals surface area contributed by atoms with E-state index in [1.54, 1.807) is 12.1 Å². The highest BCUT2D eigenvalue weighted by Gasteiger charge is 1.98. The lowest BCUT2D eigenvalue weighted by molar-refractivity contribution is 0.305. The third-order valence-electron chi connectivity index (χ3n) is 1.65. The minimum Gasteiger partial charge on any atom is -0.396 e. The van der Waals surface area contributed by atoms with Crippen LogP contribution in [0.15, 0.2) is 30.8 Å². The minimum atomic E-state index is -0.272. The van der Waals surface area contributed by atoms with E-state index < -0.39 is 0 Å². The fourth-order valence-corrected chi connectivity index (χ4v) is 0.988. The predicted molar refractivity (Wildman–Crippen MR) is 47.1 cm³/mol. The molecule has 0 saturated carbocycles. The molecule has 0 atom stereocenters. The number of hydrogen-bond acceptors (Lipinski definition) is 1. The van der Waals surface area contributed by atoms with Crippen LogP contribution in [0.25, 0.3) is 5.57 Å². The van der Waals surface area contributed by atoms with Crippen LogP contribution in [0.2, 0.25) is 0 Å². The third-order valence-corrected chi connectivity index (χ3v) is 1.65. The molecule has 0 aliphatic carbocycles. The summed E-state index contributed by atoms with van der Waals surface area (Å²) in [6.45, 7) is 3.78. The van der Waals surface area contributed by atoms with Gasteiger partial charge in [-0.2, -0.15) is 0 Å². The Morgan fingerprint density at radius 1 is 1.50 bits per heavy atom. The maximum absolute atomic E-state index is 12.7. The molecule has 0 aliphatic heterocycles. The molecular formula is C10H11FO. The first kappa shape index (κ1) is 8.94. The minimum absolute atomic E-state index is 0.0509. The van der Waals surface area contributed by atoms with Crippen LogP contribution < -0.4 is 0 Å². The lowest BCUT2D eigenvalue weighted by atomic mass is 10.1. The van der Waals surface area contributed by atoms with Gasteiger partial charge in [0.15, 0.2) is 0 Å². The van der Waals surface area contributed by atoms with Crippen LogP contribution in [0, 0.1) is 5.82 Å². The van der Waals surface area contributed by atoms with E-state index in [9.17, 15) is 4.39 Å². The Hall–Kier alpha value is -1.15.